The van der Waals surface area contributed by atoms with Gasteiger partial charge < -0.3 is 24.8 Å². The summed E-state index contributed by atoms with van der Waals surface area (Å²) in [6.07, 6.45) is 14.1. The van der Waals surface area contributed by atoms with Crippen molar-refractivity contribution in [1.29, 1.82) is 0 Å². The SMILES string of the molecule is C[Si](C)(C)c1ccc(-c2cccc3c2C=CC3[Si](C)(C)C2C=CC=C2)cc1.C[Si](C)=[Zr+2].Clc1ccc(-c2cccc3[cH-]ccc23)cc1.[Cl-].[Cl-].c1cc[cH-]c1. The molecule has 2 aliphatic rings. The molecule has 8 rings (SSSR count). The molecule has 0 N–H and O–H groups in total. The normalized spacial score (nSPS) is 14.0. The van der Waals surface area contributed by atoms with Gasteiger partial charge in [-0.25, -0.2) is 12.1 Å². The molecule has 0 aromatic heterocycles. The van der Waals surface area contributed by atoms with Crippen LogP contribution in [0.3, 0.4) is 0 Å². The predicted molar refractivity (Wildman–Crippen MR) is 236 cm³/mol. The Kier molecular flexibility index (Phi) is 17.9. The molecule has 0 fully saturated rings. The van der Waals surface area contributed by atoms with Crippen molar-refractivity contribution in [3.8, 4) is 22.3 Å². The van der Waals surface area contributed by atoms with Gasteiger partial charge in [0.25, 0.3) is 0 Å². The van der Waals surface area contributed by atoms with Crippen LogP contribution in [0.25, 0.3) is 39.1 Å². The van der Waals surface area contributed by atoms with Crippen LogP contribution in [0.15, 0.2) is 164 Å². The Hall–Kier alpha value is -2.54. The van der Waals surface area contributed by atoms with Crippen molar-refractivity contribution < 1.29 is 48.1 Å². The van der Waals surface area contributed by atoms with E-state index >= 15 is 0 Å². The minimum Gasteiger partial charge on any atom is -1.00 e. The first-order valence-corrected chi connectivity index (χ1v) is 31.4. The summed E-state index contributed by atoms with van der Waals surface area (Å²) in [6, 6.07) is 47.0. The second kappa shape index (κ2) is 21.1. The average Bonchev–Trinajstić information content (AvgIpc) is 3.96. The minimum atomic E-state index is -1.50. The molecule has 0 spiro atoms. The van der Waals surface area contributed by atoms with E-state index in [0.717, 1.165) is 5.02 Å². The maximum absolute atomic E-state index is 5.90. The van der Waals surface area contributed by atoms with E-state index in [1.165, 1.54) is 49.3 Å². The van der Waals surface area contributed by atoms with Crippen molar-refractivity contribution in [3.63, 3.8) is 0 Å². The van der Waals surface area contributed by atoms with E-state index in [1.54, 1.807) is 23.3 Å². The summed E-state index contributed by atoms with van der Waals surface area (Å²) in [5.74, 6) is 0. The fraction of sp³-hybridized carbons (Fsp3) is 0.191. The second-order valence-electron chi connectivity index (χ2n) is 15.4. The summed E-state index contributed by atoms with van der Waals surface area (Å²) in [7, 11) is -2.75. The monoisotopic (exact) mass is 894 g/mol. The predicted octanol–water partition coefficient (Wildman–Crippen LogP) is 7.83. The van der Waals surface area contributed by atoms with Gasteiger partial charge in [0.15, 0.2) is 0 Å². The molecular weight excluding hydrogens is 846 g/mol. The van der Waals surface area contributed by atoms with E-state index in [1.807, 2.05) is 42.5 Å². The summed E-state index contributed by atoms with van der Waals surface area (Å²) >= 11 is 7.63. The number of allylic oxidation sites excluding steroid dienone is 5. The summed E-state index contributed by atoms with van der Waals surface area (Å²) in [6.45, 7) is 16.9. The Morgan fingerprint density at radius 1 is 0.648 bits per heavy atom. The van der Waals surface area contributed by atoms with Gasteiger partial charge in [0.2, 0.25) is 0 Å². The molecular formula is C47H51Cl3Si3Zr-2. The summed E-state index contributed by atoms with van der Waals surface area (Å²) < 4.78 is 0. The molecule has 1 atom stereocenters. The largest absolute Gasteiger partial charge is 1.00 e. The van der Waals surface area contributed by atoms with E-state index < -0.39 is 16.1 Å². The molecule has 0 saturated heterocycles. The van der Waals surface area contributed by atoms with Crippen molar-refractivity contribution >= 4 is 55.2 Å². The average molecular weight is 898 g/mol. The summed E-state index contributed by atoms with van der Waals surface area (Å²) in [5.41, 5.74) is 9.61. The van der Waals surface area contributed by atoms with Crippen molar-refractivity contribution in [3.05, 3.63) is 180 Å². The van der Waals surface area contributed by atoms with Gasteiger partial charge in [-0.2, -0.15) is 30.3 Å². The van der Waals surface area contributed by atoms with Crippen LogP contribution in [0.5, 0.6) is 0 Å². The molecule has 0 radical (unpaired) electrons. The molecule has 1 unspecified atom stereocenters. The van der Waals surface area contributed by atoms with Gasteiger partial charge in [-0.3, -0.25) is 0 Å². The minimum absolute atomic E-state index is 0. The van der Waals surface area contributed by atoms with Crippen LogP contribution in [0, 0.1) is 0 Å². The third-order valence-corrected chi connectivity index (χ3v) is 16.3. The van der Waals surface area contributed by atoms with E-state index in [9.17, 15) is 0 Å². The molecule has 0 heterocycles. The van der Waals surface area contributed by atoms with Crippen molar-refractivity contribution in [2.24, 2.45) is 0 Å². The Morgan fingerprint density at radius 3 is 1.78 bits per heavy atom. The van der Waals surface area contributed by atoms with Crippen LogP contribution >= 0.6 is 11.6 Å². The molecule has 0 saturated carbocycles. The molecule has 6 aromatic rings. The maximum atomic E-state index is 5.90. The number of fused-ring (bicyclic) bond motifs is 2. The van der Waals surface area contributed by atoms with Crippen molar-refractivity contribution in [2.45, 2.75) is 56.9 Å². The molecule has 0 aliphatic heterocycles. The van der Waals surface area contributed by atoms with Crippen LogP contribution in [0.2, 0.25) is 56.4 Å². The zero-order valence-corrected chi connectivity index (χ0v) is 40.2. The van der Waals surface area contributed by atoms with Gasteiger partial charge in [0, 0.05) is 5.02 Å². The van der Waals surface area contributed by atoms with Gasteiger partial charge >= 0.3 is 41.9 Å². The molecule has 7 heteroatoms. The maximum Gasteiger partial charge on any atom is 0.0406 e. The van der Waals surface area contributed by atoms with Crippen LogP contribution in [0.4, 0.5) is 0 Å². The number of benzene rings is 4. The molecule has 6 aromatic carbocycles. The molecule has 0 amide bonds. The van der Waals surface area contributed by atoms with Crippen molar-refractivity contribution in [1.82, 2.24) is 0 Å². The molecule has 278 valence electrons. The fourth-order valence-electron chi connectivity index (χ4n) is 6.89. The molecule has 54 heavy (non-hydrogen) atoms. The first-order valence-electron chi connectivity index (χ1n) is 18.2. The fourth-order valence-corrected chi connectivity index (χ4v) is 11.5. The van der Waals surface area contributed by atoms with Crippen LogP contribution in [-0.2, 0) is 23.3 Å². The number of rotatable bonds is 5. The smallest absolute Gasteiger partial charge is 0.0406 e. The molecule has 2 aliphatic carbocycles. The Labute approximate surface area is 359 Å². The Bertz CT molecular complexity index is 2120. The quantitative estimate of drug-likeness (QED) is 0.122. The standard InChI is InChI=1S/C25H30Si2.C15H10Cl.C5H5.C2H6Si.2ClH.Zr/c1-26(2,3)20-15-13-19(14-16-20)22-11-8-12-24-23(22)17-18-25(24)27(4,5)21-9-6-7-10-21;16-13-9-7-12(8-10-13)15-6-2-4-11-3-1-5-14(11)15;1-2-4-5-3-1;1-3-2;;;/h6-18,21,25H,1-5H3;1-10H;1-5H;1-2H3;2*1H;/q;2*-1;;;;+2/p-2. The van der Waals surface area contributed by atoms with Gasteiger partial charge in [0.1, 0.15) is 0 Å². The topological polar surface area (TPSA) is 0 Å². The second-order valence-corrected chi connectivity index (χ2v) is 35.2. The van der Waals surface area contributed by atoms with E-state index in [4.69, 9.17) is 11.6 Å². The Morgan fingerprint density at radius 2 is 1.20 bits per heavy atom. The van der Waals surface area contributed by atoms with Gasteiger partial charge in [-0.05, 0) is 51.0 Å². The number of hydrogen-bond donors (Lipinski definition) is 0. The number of halogens is 3. The first kappa shape index (κ1) is 45.9. The first-order chi connectivity index (χ1) is 24.9. The van der Waals surface area contributed by atoms with E-state index in [0.29, 0.717) is 11.1 Å². The van der Waals surface area contributed by atoms with Gasteiger partial charge in [-0.1, -0.05) is 152 Å². The molecule has 0 nitrogen and oxygen atoms in total. The van der Waals surface area contributed by atoms with Crippen LogP contribution < -0.4 is 30.0 Å². The van der Waals surface area contributed by atoms with Gasteiger partial charge in [-0.15, -0.1) is 29.0 Å². The third kappa shape index (κ3) is 12.0. The van der Waals surface area contributed by atoms with E-state index in [2.05, 4.69) is 173 Å². The molecule has 0 bridgehead atoms. The summed E-state index contributed by atoms with van der Waals surface area (Å²) in [5, 5.41) is 4.89. The van der Waals surface area contributed by atoms with Crippen molar-refractivity contribution in [2.75, 3.05) is 0 Å². The Balaban J connectivity index is 0.000000245. The van der Waals surface area contributed by atoms with Gasteiger partial charge in [0.05, 0.1) is 16.1 Å². The zero-order valence-electron chi connectivity index (χ0n) is 32.5. The summed E-state index contributed by atoms with van der Waals surface area (Å²) in [4.78, 5) is 0. The third-order valence-electron chi connectivity index (χ3n) is 9.79. The zero-order chi connectivity index (χ0) is 37.3. The van der Waals surface area contributed by atoms with E-state index in [-0.39, 0.29) is 30.2 Å². The van der Waals surface area contributed by atoms with Crippen LogP contribution in [0.1, 0.15) is 16.7 Å². The van der Waals surface area contributed by atoms with Crippen LogP contribution in [-0.4, -0.2) is 21.6 Å². The number of hydrogen-bond acceptors (Lipinski definition) is 0.